The minimum Gasteiger partial charge on any atom is -0.396 e. The molecule has 1 saturated carbocycles. The van der Waals surface area contributed by atoms with Crippen LogP contribution in [0.25, 0.3) is 0 Å². The zero-order valence-electron chi connectivity index (χ0n) is 10.3. The smallest absolute Gasteiger partial charge is 0.396 e. The number of alkyl halides is 3. The zero-order valence-corrected chi connectivity index (χ0v) is 10.3. The summed E-state index contributed by atoms with van der Waals surface area (Å²) in [6.07, 6.45) is -2.21. The molecule has 3 unspecified atom stereocenters. The summed E-state index contributed by atoms with van der Waals surface area (Å²) >= 11 is 0. The predicted molar refractivity (Wildman–Crippen MR) is 59.6 cm³/mol. The molecule has 7 heteroatoms. The molecule has 0 aliphatic heterocycles. The Kier molecular flexibility index (Phi) is 4.61. The highest BCUT2D eigenvalue weighted by Crippen LogP contribution is 2.31. The molecule has 1 fully saturated rings. The van der Waals surface area contributed by atoms with Crippen LogP contribution in [0.1, 0.15) is 26.2 Å². The highest BCUT2D eigenvalue weighted by Gasteiger charge is 2.53. The molecule has 3 atom stereocenters. The summed E-state index contributed by atoms with van der Waals surface area (Å²) < 4.78 is 37.5. The van der Waals surface area contributed by atoms with E-state index < -0.39 is 17.6 Å². The molecule has 18 heavy (non-hydrogen) atoms. The normalized spacial score (nSPS) is 27.9. The van der Waals surface area contributed by atoms with Gasteiger partial charge in [0.05, 0.1) is 0 Å². The number of carbonyl (C=O) groups excluding carboxylic acids is 1. The van der Waals surface area contributed by atoms with Gasteiger partial charge in [-0.25, -0.2) is 0 Å². The molecular weight excluding hydrogens is 249 g/mol. The van der Waals surface area contributed by atoms with E-state index in [4.69, 9.17) is 10.8 Å². The minimum absolute atomic E-state index is 0.000297. The van der Waals surface area contributed by atoms with Crippen molar-refractivity contribution in [3.05, 3.63) is 0 Å². The number of aliphatic hydroxyl groups excluding tert-OH is 1. The van der Waals surface area contributed by atoms with Crippen molar-refractivity contribution in [1.29, 1.82) is 0 Å². The third-order valence-corrected chi connectivity index (χ3v) is 3.64. The molecule has 0 aromatic carbocycles. The van der Waals surface area contributed by atoms with Gasteiger partial charge in [-0.05, 0) is 31.6 Å². The topological polar surface area (TPSA) is 75.4 Å². The van der Waals surface area contributed by atoms with E-state index in [9.17, 15) is 18.0 Å². The summed E-state index contributed by atoms with van der Waals surface area (Å²) in [5.74, 6) is -1.14. The van der Waals surface area contributed by atoms with Crippen molar-refractivity contribution in [3.63, 3.8) is 0 Å². The molecule has 0 saturated heterocycles. The molecule has 1 aliphatic carbocycles. The monoisotopic (exact) mass is 268 g/mol. The van der Waals surface area contributed by atoms with Gasteiger partial charge >= 0.3 is 6.18 Å². The van der Waals surface area contributed by atoms with Gasteiger partial charge in [-0.15, -0.1) is 0 Å². The first-order valence-corrected chi connectivity index (χ1v) is 5.95. The Balaban J connectivity index is 2.51. The SMILES string of the molecule is CC(N)(C(=O)NCC1CCCC1CO)C(F)(F)F. The van der Waals surface area contributed by atoms with E-state index in [1.165, 1.54) is 0 Å². The fourth-order valence-electron chi connectivity index (χ4n) is 2.16. The summed E-state index contributed by atoms with van der Waals surface area (Å²) in [5, 5.41) is 11.3. The van der Waals surface area contributed by atoms with Gasteiger partial charge in [-0.2, -0.15) is 13.2 Å². The molecule has 106 valence electrons. The maximum atomic E-state index is 12.5. The number of nitrogens with one attached hydrogen (secondary N) is 1. The Morgan fingerprint density at radius 2 is 1.94 bits per heavy atom. The highest BCUT2D eigenvalue weighted by atomic mass is 19.4. The van der Waals surface area contributed by atoms with Gasteiger partial charge in [0.2, 0.25) is 5.91 Å². The van der Waals surface area contributed by atoms with Gasteiger partial charge in [0.15, 0.2) is 5.54 Å². The fraction of sp³-hybridized carbons (Fsp3) is 0.909. The summed E-state index contributed by atoms with van der Waals surface area (Å²) in [6, 6.07) is 0. The molecule has 1 amide bonds. The molecular formula is C11H19F3N2O2. The molecule has 0 heterocycles. The van der Waals surface area contributed by atoms with Crippen LogP contribution in [0, 0.1) is 11.8 Å². The maximum Gasteiger partial charge on any atom is 0.415 e. The maximum absolute atomic E-state index is 12.5. The molecule has 0 bridgehead atoms. The first-order valence-electron chi connectivity index (χ1n) is 5.95. The predicted octanol–water partition coefficient (Wildman–Crippen LogP) is 0.791. The van der Waals surface area contributed by atoms with Crippen LogP contribution in [-0.4, -0.2) is 35.9 Å². The summed E-state index contributed by atoms with van der Waals surface area (Å²) in [5.41, 5.74) is 2.13. The lowest BCUT2D eigenvalue weighted by Crippen LogP contribution is -2.61. The van der Waals surface area contributed by atoms with E-state index in [0.717, 1.165) is 19.3 Å². The van der Waals surface area contributed by atoms with Crippen LogP contribution in [0.5, 0.6) is 0 Å². The first kappa shape index (κ1) is 15.2. The minimum atomic E-state index is -4.77. The van der Waals surface area contributed by atoms with Gasteiger partial charge in [-0.1, -0.05) is 6.42 Å². The van der Waals surface area contributed by atoms with E-state index in [0.29, 0.717) is 6.92 Å². The van der Waals surface area contributed by atoms with Crippen LogP contribution in [-0.2, 0) is 4.79 Å². The van der Waals surface area contributed by atoms with E-state index in [2.05, 4.69) is 5.32 Å². The van der Waals surface area contributed by atoms with Crippen molar-refractivity contribution >= 4 is 5.91 Å². The molecule has 0 spiro atoms. The summed E-state index contributed by atoms with van der Waals surface area (Å²) in [6.45, 7) is 0.785. The van der Waals surface area contributed by atoms with Crippen LogP contribution < -0.4 is 11.1 Å². The van der Waals surface area contributed by atoms with Crippen LogP contribution in [0.4, 0.5) is 13.2 Å². The van der Waals surface area contributed by atoms with Gasteiger partial charge < -0.3 is 16.2 Å². The number of hydrogen-bond acceptors (Lipinski definition) is 3. The van der Waals surface area contributed by atoms with Crippen LogP contribution in [0.15, 0.2) is 0 Å². The number of carbonyl (C=O) groups is 1. The number of halogens is 3. The molecule has 0 aromatic heterocycles. The van der Waals surface area contributed by atoms with E-state index in [1.807, 2.05) is 0 Å². The summed E-state index contributed by atoms with van der Waals surface area (Å²) in [7, 11) is 0. The quantitative estimate of drug-likeness (QED) is 0.705. The van der Waals surface area contributed by atoms with Crippen molar-refractivity contribution in [2.45, 2.75) is 37.9 Å². The average Bonchev–Trinajstić information content (AvgIpc) is 2.71. The second-order valence-corrected chi connectivity index (χ2v) is 5.04. The number of hydrogen-bond donors (Lipinski definition) is 3. The molecule has 4 N–H and O–H groups in total. The average molecular weight is 268 g/mol. The Morgan fingerprint density at radius 3 is 2.44 bits per heavy atom. The lowest BCUT2D eigenvalue weighted by Gasteiger charge is -2.27. The van der Waals surface area contributed by atoms with Crippen molar-refractivity contribution in [1.82, 2.24) is 5.32 Å². The highest BCUT2D eigenvalue weighted by molar-refractivity contribution is 5.86. The van der Waals surface area contributed by atoms with Crippen molar-refractivity contribution in [2.24, 2.45) is 17.6 Å². The zero-order chi connectivity index (χ0) is 14.0. The van der Waals surface area contributed by atoms with Crippen molar-refractivity contribution in [2.75, 3.05) is 13.2 Å². The lowest BCUT2D eigenvalue weighted by molar-refractivity contribution is -0.187. The number of amides is 1. The second-order valence-electron chi connectivity index (χ2n) is 5.04. The number of aliphatic hydroxyl groups is 1. The standard InChI is InChI=1S/C11H19F3N2O2/c1-10(15,11(12,13)14)9(18)16-5-7-3-2-4-8(7)6-17/h7-8,17H,2-6,15H2,1H3,(H,16,18). The van der Waals surface area contributed by atoms with E-state index in [1.54, 1.807) is 0 Å². The third kappa shape index (κ3) is 3.14. The van der Waals surface area contributed by atoms with Crippen LogP contribution >= 0.6 is 0 Å². The van der Waals surface area contributed by atoms with Gasteiger partial charge in [0, 0.05) is 13.2 Å². The second kappa shape index (κ2) is 5.44. The largest absolute Gasteiger partial charge is 0.415 e. The van der Waals surface area contributed by atoms with Gasteiger partial charge in [0.1, 0.15) is 0 Å². The Morgan fingerprint density at radius 1 is 1.39 bits per heavy atom. The lowest BCUT2D eigenvalue weighted by atomic mass is 9.96. The van der Waals surface area contributed by atoms with Gasteiger partial charge in [0.25, 0.3) is 0 Å². The number of nitrogens with two attached hydrogens (primary N) is 1. The fourth-order valence-corrected chi connectivity index (χ4v) is 2.16. The van der Waals surface area contributed by atoms with Gasteiger partial charge in [-0.3, -0.25) is 4.79 Å². The van der Waals surface area contributed by atoms with Crippen molar-refractivity contribution in [3.8, 4) is 0 Å². The molecule has 1 rings (SSSR count). The number of rotatable bonds is 4. The Hall–Kier alpha value is -0.820. The summed E-state index contributed by atoms with van der Waals surface area (Å²) in [4.78, 5) is 11.4. The molecule has 4 nitrogen and oxygen atoms in total. The van der Waals surface area contributed by atoms with Crippen LogP contribution in [0.2, 0.25) is 0 Å². The van der Waals surface area contributed by atoms with E-state index in [-0.39, 0.29) is 25.0 Å². The Bertz CT molecular complexity index is 305. The Labute approximate surface area is 104 Å². The van der Waals surface area contributed by atoms with E-state index >= 15 is 0 Å². The van der Waals surface area contributed by atoms with Crippen molar-refractivity contribution < 1.29 is 23.1 Å². The molecule has 0 aromatic rings. The molecule has 0 radical (unpaired) electrons. The van der Waals surface area contributed by atoms with Crippen LogP contribution in [0.3, 0.4) is 0 Å². The third-order valence-electron chi connectivity index (χ3n) is 3.64. The first-order chi connectivity index (χ1) is 8.20. The molecule has 1 aliphatic rings.